The zero-order valence-electron chi connectivity index (χ0n) is 29.0. The van der Waals surface area contributed by atoms with E-state index in [0.717, 1.165) is 29.7 Å². The summed E-state index contributed by atoms with van der Waals surface area (Å²) in [5, 5.41) is 40.7. The number of carbonyl (C=O) groups is 2. The molecular formula is C36H41Cl4N5O4PRu+. The number of halogens is 4. The Morgan fingerprint density at radius 1 is 0.706 bits per heavy atom. The number of hydrogen-bond acceptors (Lipinski definition) is 7. The second-order valence-electron chi connectivity index (χ2n) is 9.83. The van der Waals surface area contributed by atoms with Crippen molar-refractivity contribution in [2.75, 3.05) is 10.7 Å². The summed E-state index contributed by atoms with van der Waals surface area (Å²) in [7, 11) is -0.877. The molecule has 15 heteroatoms. The van der Waals surface area contributed by atoms with Crippen molar-refractivity contribution in [1.29, 1.82) is 5.26 Å². The van der Waals surface area contributed by atoms with Gasteiger partial charge in [0, 0.05) is 24.3 Å². The van der Waals surface area contributed by atoms with Gasteiger partial charge in [-0.3, -0.25) is 0 Å². The molecule has 0 amide bonds. The van der Waals surface area contributed by atoms with E-state index in [1.54, 1.807) is 6.07 Å². The number of nitrogens with zero attached hydrogens (tertiary/aromatic N) is 5. The van der Waals surface area contributed by atoms with E-state index in [0.29, 0.717) is 0 Å². The van der Waals surface area contributed by atoms with Crippen LogP contribution in [-0.2, 0) is 29.1 Å². The van der Waals surface area contributed by atoms with Crippen LogP contribution in [0.25, 0.3) is 0 Å². The minimum atomic E-state index is -1.23. The number of hydrogen-bond donors (Lipinski definition) is 0. The molecule has 3 aromatic carbocycles. The second-order valence-corrected chi connectivity index (χ2v) is 13.9. The summed E-state index contributed by atoms with van der Waals surface area (Å²) in [6.07, 6.45) is -1.05. The molecule has 0 unspecified atom stereocenters. The molecule has 274 valence electrons. The summed E-state index contributed by atoms with van der Waals surface area (Å²) >= 11 is 19.1. The fourth-order valence-corrected chi connectivity index (χ4v) is 6.98. The topological polar surface area (TPSA) is 140 Å². The van der Waals surface area contributed by atoms with Crippen molar-refractivity contribution in [3.8, 4) is 6.07 Å². The number of aryl methyl sites for hydroxylation is 4. The van der Waals surface area contributed by atoms with Gasteiger partial charge in [0.1, 0.15) is 15.9 Å². The monoisotopic (exact) mass is 880 g/mol. The average Bonchev–Trinajstić information content (AvgIpc) is 3.58. The molecule has 0 aliphatic carbocycles. The van der Waals surface area contributed by atoms with Crippen molar-refractivity contribution in [2.45, 2.75) is 47.7 Å². The molecule has 0 spiro atoms. The zero-order chi connectivity index (χ0) is 38.1. The van der Waals surface area contributed by atoms with Gasteiger partial charge in [-0.05, 0) is 83.1 Å². The number of rotatable bonds is 6. The minimum absolute atomic E-state index is 0. The molecule has 0 saturated heterocycles. The Labute approximate surface area is 334 Å². The van der Waals surface area contributed by atoms with E-state index < -0.39 is 26.0 Å². The summed E-state index contributed by atoms with van der Waals surface area (Å²) in [5.41, 5.74) is 3.05. The number of aliphatic carboxylic acids is 2. The first-order valence-corrected chi connectivity index (χ1v) is 18.5. The van der Waals surface area contributed by atoms with E-state index in [2.05, 4.69) is 101 Å². The molecule has 0 atom stereocenters. The molecule has 0 fully saturated rings. The number of alkyl halides is 4. The van der Waals surface area contributed by atoms with Gasteiger partial charge in [-0.2, -0.15) is 15.5 Å². The van der Waals surface area contributed by atoms with Gasteiger partial charge >= 0.3 is 19.5 Å². The van der Waals surface area contributed by atoms with E-state index in [-0.39, 0.29) is 30.2 Å². The Balaban J connectivity index is 0. The van der Waals surface area contributed by atoms with E-state index >= 15 is 0 Å². The maximum Gasteiger partial charge on any atom is 2.00 e. The van der Waals surface area contributed by atoms with Crippen LogP contribution in [0.3, 0.4) is 0 Å². The molecule has 2 aromatic heterocycles. The van der Waals surface area contributed by atoms with Gasteiger partial charge in [0.25, 0.3) is 0 Å². The molecule has 5 aromatic rings. The number of carboxylic acids is 2. The van der Waals surface area contributed by atoms with Gasteiger partial charge in [0.05, 0.1) is 42.0 Å². The largest absolute Gasteiger partial charge is 2.00 e. The molecular weight excluding hydrogens is 840 g/mol. The van der Waals surface area contributed by atoms with Crippen LogP contribution in [0.2, 0.25) is 0 Å². The SMILES string of the molecule is CC#N.CC(=O)[O-].Cc1cc(C)n(C(C(=O)[O-])n2nc(C)cc2C)n1.ClCCl.ClCCl.[Ru+2].c1ccc([PH+](c2ccccc2)c2ccccc2)cc1. The molecule has 0 bridgehead atoms. The quantitative estimate of drug-likeness (QED) is 0.126. The van der Waals surface area contributed by atoms with Gasteiger partial charge < -0.3 is 19.8 Å². The van der Waals surface area contributed by atoms with E-state index in [9.17, 15) is 9.90 Å². The molecule has 51 heavy (non-hydrogen) atoms. The third-order valence-electron chi connectivity index (χ3n) is 5.95. The fraction of sp³-hybridized carbons (Fsp3) is 0.250. The minimum Gasteiger partial charge on any atom is -0.550 e. The molecule has 0 aliphatic heterocycles. The molecule has 9 nitrogen and oxygen atoms in total. The Bertz CT molecular complexity index is 1560. The summed E-state index contributed by atoms with van der Waals surface area (Å²) in [5.74, 6) is -2.31. The van der Waals surface area contributed by atoms with Gasteiger partial charge in [-0.15, -0.1) is 46.4 Å². The molecule has 0 saturated carbocycles. The van der Waals surface area contributed by atoms with Crippen LogP contribution < -0.4 is 26.1 Å². The van der Waals surface area contributed by atoms with Gasteiger partial charge in [-0.25, -0.2) is 9.36 Å². The molecule has 0 N–H and O–H groups in total. The van der Waals surface area contributed by atoms with E-state index in [4.69, 9.17) is 61.6 Å². The van der Waals surface area contributed by atoms with Crippen molar-refractivity contribution >= 4 is 82.2 Å². The first kappa shape index (κ1) is 49.8. The van der Waals surface area contributed by atoms with Crippen molar-refractivity contribution in [3.63, 3.8) is 0 Å². The normalized spacial score (nSPS) is 9.24. The average molecular weight is 882 g/mol. The number of carboxylic acid groups (broad SMARTS) is 2. The first-order valence-electron chi connectivity index (χ1n) is 14.8. The van der Waals surface area contributed by atoms with Crippen molar-refractivity contribution in [1.82, 2.24) is 19.6 Å². The smallest absolute Gasteiger partial charge is 0.550 e. The van der Waals surface area contributed by atoms with Crippen LogP contribution >= 0.6 is 54.3 Å². The van der Waals surface area contributed by atoms with Crippen LogP contribution in [-0.4, -0.2) is 42.2 Å². The van der Waals surface area contributed by atoms with Crippen LogP contribution in [0.1, 0.15) is 42.8 Å². The summed E-state index contributed by atoms with van der Waals surface area (Å²) in [6.45, 7) is 9.65. The van der Waals surface area contributed by atoms with E-state index in [1.807, 2.05) is 39.8 Å². The number of aromatic nitrogens is 4. The summed E-state index contributed by atoms with van der Waals surface area (Å²) < 4.78 is 2.84. The third kappa shape index (κ3) is 19.8. The van der Waals surface area contributed by atoms with Crippen molar-refractivity contribution < 1.29 is 39.3 Å². The maximum atomic E-state index is 11.4. The van der Waals surface area contributed by atoms with Crippen LogP contribution in [0.5, 0.6) is 0 Å². The zero-order valence-corrected chi connectivity index (χ0v) is 34.8. The molecule has 2 heterocycles. The van der Waals surface area contributed by atoms with Gasteiger partial charge in [0.2, 0.25) is 0 Å². The van der Waals surface area contributed by atoms with Crippen LogP contribution in [0, 0.1) is 39.0 Å². The Hall–Kier alpha value is -3.28. The Morgan fingerprint density at radius 2 is 0.941 bits per heavy atom. The number of carbonyl (C=O) groups excluding carboxylic acids is 2. The van der Waals surface area contributed by atoms with Gasteiger partial charge in [0.15, 0.2) is 6.17 Å². The second kappa shape index (κ2) is 29.3. The van der Waals surface area contributed by atoms with Crippen molar-refractivity contribution in [2.24, 2.45) is 0 Å². The van der Waals surface area contributed by atoms with E-state index in [1.165, 1.54) is 32.2 Å². The van der Waals surface area contributed by atoms with Crippen LogP contribution in [0.15, 0.2) is 103 Å². The van der Waals surface area contributed by atoms with Gasteiger partial charge in [-0.1, -0.05) is 54.6 Å². The predicted molar refractivity (Wildman–Crippen MR) is 205 cm³/mol. The number of benzene rings is 3. The summed E-state index contributed by atoms with van der Waals surface area (Å²) in [6, 6.07) is 37.9. The third-order valence-corrected chi connectivity index (χ3v) is 8.68. The molecule has 0 radical (unpaired) electrons. The molecule has 0 aliphatic rings. The van der Waals surface area contributed by atoms with Crippen molar-refractivity contribution in [3.05, 3.63) is 126 Å². The standard InChI is InChI=1S/C18H15P.C12H16N4O2.C2H3N.C2H4O2.2CH2Cl2.Ru/c1-4-10-16(11-5-1)19(17-12-6-2-7-13-17)18-14-8-3-9-15-18;1-7-5-9(3)15(13-7)11(12(17)18)16-10(4)6-8(2)14-16;1-2-3;1-2(3)4;2*2-1-3;/h1-15H;5-6,11H,1-4H3,(H,17,18);1H3;1H3,(H,3,4);2*1H2;/q;;;;;;+2/p-1. The Morgan fingerprint density at radius 3 is 1.12 bits per heavy atom. The maximum absolute atomic E-state index is 11.4. The summed E-state index contributed by atoms with van der Waals surface area (Å²) in [4.78, 5) is 20.3. The Kier molecular flexibility index (Phi) is 28.6. The predicted octanol–water partition coefficient (Wildman–Crippen LogP) is 5.41. The number of nitriles is 1. The fourth-order valence-electron chi connectivity index (χ4n) is 4.41. The molecule has 5 rings (SSSR count). The first-order chi connectivity index (χ1) is 23.8. The van der Waals surface area contributed by atoms with Crippen LogP contribution in [0.4, 0.5) is 0 Å².